The van der Waals surface area contributed by atoms with Gasteiger partial charge >= 0.3 is 5.97 Å². The Labute approximate surface area is 201 Å². The third-order valence-corrected chi connectivity index (χ3v) is 5.52. The van der Waals surface area contributed by atoms with Gasteiger partial charge in [0, 0.05) is 10.6 Å². The standard InChI is InChI=1S/C26H21ClO7/c1-14-19(34-26(29)16-12-21(30-2)25(32-4)22(13-16)31-3)9-8-18-23(28)20(33-24(14)18)11-15-6-5-7-17(27)10-15/h5-13H,1-4H3/b20-11-. The number of carbonyl (C=O) groups excluding carboxylic acids is 2. The lowest BCUT2D eigenvalue weighted by atomic mass is 10.1. The number of hydrogen-bond donors (Lipinski definition) is 0. The largest absolute Gasteiger partial charge is 0.493 e. The van der Waals surface area contributed by atoms with Gasteiger partial charge in [0.05, 0.1) is 32.5 Å². The summed E-state index contributed by atoms with van der Waals surface area (Å²) >= 11 is 6.03. The van der Waals surface area contributed by atoms with E-state index < -0.39 is 5.97 Å². The summed E-state index contributed by atoms with van der Waals surface area (Å²) in [7, 11) is 4.39. The van der Waals surface area contributed by atoms with Crippen molar-refractivity contribution < 1.29 is 33.3 Å². The number of hydrogen-bond acceptors (Lipinski definition) is 7. The number of ketones is 1. The Bertz CT molecular complexity index is 1300. The molecule has 0 N–H and O–H groups in total. The molecule has 3 aromatic carbocycles. The first-order valence-corrected chi connectivity index (χ1v) is 10.6. The Morgan fingerprint density at radius 1 is 0.941 bits per heavy atom. The Morgan fingerprint density at radius 3 is 2.26 bits per heavy atom. The third-order valence-electron chi connectivity index (χ3n) is 5.29. The zero-order chi connectivity index (χ0) is 24.4. The molecule has 3 aromatic rings. The van der Waals surface area contributed by atoms with Crippen molar-refractivity contribution in [2.24, 2.45) is 0 Å². The van der Waals surface area contributed by atoms with Crippen LogP contribution in [0.5, 0.6) is 28.7 Å². The summed E-state index contributed by atoms with van der Waals surface area (Å²) in [5.41, 5.74) is 1.84. The van der Waals surface area contributed by atoms with Crippen LogP contribution in [0.25, 0.3) is 6.08 Å². The van der Waals surface area contributed by atoms with E-state index >= 15 is 0 Å². The fraction of sp³-hybridized carbons (Fsp3) is 0.154. The van der Waals surface area contributed by atoms with E-state index in [-0.39, 0.29) is 22.9 Å². The van der Waals surface area contributed by atoms with Crippen LogP contribution in [0.15, 0.2) is 54.3 Å². The molecule has 0 fully saturated rings. The molecule has 8 heteroatoms. The molecule has 1 heterocycles. The topological polar surface area (TPSA) is 80.3 Å². The summed E-state index contributed by atoms with van der Waals surface area (Å²) in [6.45, 7) is 1.71. The van der Waals surface area contributed by atoms with Crippen molar-refractivity contribution in [3.8, 4) is 28.7 Å². The van der Waals surface area contributed by atoms with E-state index in [1.165, 1.54) is 33.5 Å². The van der Waals surface area contributed by atoms with Crippen molar-refractivity contribution in [2.45, 2.75) is 6.92 Å². The quantitative estimate of drug-likeness (QED) is 0.261. The van der Waals surface area contributed by atoms with Crippen LogP contribution in [0.3, 0.4) is 0 Å². The zero-order valence-corrected chi connectivity index (χ0v) is 19.7. The molecule has 1 aliphatic heterocycles. The van der Waals surface area contributed by atoms with Crippen LogP contribution in [0, 0.1) is 6.92 Å². The van der Waals surface area contributed by atoms with E-state index in [9.17, 15) is 9.59 Å². The number of ether oxygens (including phenoxy) is 5. The number of rotatable bonds is 6. The lowest BCUT2D eigenvalue weighted by Gasteiger charge is -2.14. The van der Waals surface area contributed by atoms with E-state index in [0.29, 0.717) is 39.1 Å². The Morgan fingerprint density at radius 2 is 1.65 bits per heavy atom. The van der Waals surface area contributed by atoms with Crippen LogP contribution in [-0.2, 0) is 0 Å². The van der Waals surface area contributed by atoms with Crippen molar-refractivity contribution >= 4 is 29.4 Å². The minimum absolute atomic E-state index is 0.161. The molecule has 0 saturated carbocycles. The smallest absolute Gasteiger partial charge is 0.343 e. The van der Waals surface area contributed by atoms with Crippen LogP contribution in [-0.4, -0.2) is 33.1 Å². The van der Waals surface area contributed by atoms with Crippen LogP contribution in [0.4, 0.5) is 0 Å². The summed E-state index contributed by atoms with van der Waals surface area (Å²) in [6, 6.07) is 13.2. The van der Waals surface area contributed by atoms with Crippen molar-refractivity contribution in [1.82, 2.24) is 0 Å². The van der Waals surface area contributed by atoms with E-state index in [2.05, 4.69) is 0 Å². The molecule has 1 aliphatic rings. The maximum Gasteiger partial charge on any atom is 0.343 e. The lowest BCUT2D eigenvalue weighted by Crippen LogP contribution is -2.10. The van der Waals surface area contributed by atoms with Gasteiger partial charge in [-0.3, -0.25) is 4.79 Å². The van der Waals surface area contributed by atoms with Crippen LogP contribution >= 0.6 is 11.6 Å². The highest BCUT2D eigenvalue weighted by Gasteiger charge is 2.31. The summed E-state index contributed by atoms with van der Waals surface area (Å²) in [4.78, 5) is 25.7. The average molecular weight is 481 g/mol. The fourth-order valence-corrected chi connectivity index (χ4v) is 3.78. The predicted octanol–water partition coefficient (Wildman–Crippen LogP) is 5.51. The summed E-state index contributed by atoms with van der Waals surface area (Å²) < 4.78 is 27.3. The molecule has 4 rings (SSSR count). The first-order valence-electron chi connectivity index (χ1n) is 10.2. The number of benzene rings is 3. The summed E-state index contributed by atoms with van der Waals surface area (Å²) in [6.07, 6.45) is 1.62. The van der Waals surface area contributed by atoms with Gasteiger partial charge in [-0.05, 0) is 55.0 Å². The minimum Gasteiger partial charge on any atom is -0.493 e. The number of fused-ring (bicyclic) bond motifs is 1. The number of allylic oxidation sites excluding steroid dienone is 1. The highest BCUT2D eigenvalue weighted by atomic mass is 35.5. The van der Waals surface area contributed by atoms with Crippen molar-refractivity contribution in [2.75, 3.05) is 21.3 Å². The maximum atomic E-state index is 12.9. The van der Waals surface area contributed by atoms with Crippen LogP contribution in [0.2, 0.25) is 5.02 Å². The van der Waals surface area contributed by atoms with Gasteiger partial charge in [-0.15, -0.1) is 0 Å². The highest BCUT2D eigenvalue weighted by molar-refractivity contribution is 6.30. The first-order chi connectivity index (χ1) is 16.4. The van der Waals surface area contributed by atoms with Crippen molar-refractivity contribution in [3.05, 3.63) is 81.6 Å². The summed E-state index contributed by atoms with van der Waals surface area (Å²) in [5.74, 6) is 0.868. The molecule has 0 unspecified atom stereocenters. The lowest BCUT2D eigenvalue weighted by molar-refractivity contribution is 0.0732. The van der Waals surface area contributed by atoms with Gasteiger partial charge in [0.15, 0.2) is 17.3 Å². The Balaban J connectivity index is 1.62. The number of esters is 1. The SMILES string of the molecule is COc1cc(C(=O)Oc2ccc3c(c2C)O/C(=C\c2cccc(Cl)c2)C3=O)cc(OC)c1OC. The number of Topliss-reactive ketones (excluding diaryl/α,β-unsaturated/α-hetero) is 1. The number of methoxy groups -OCH3 is 3. The fourth-order valence-electron chi connectivity index (χ4n) is 3.58. The molecule has 0 spiro atoms. The van der Waals surface area contributed by atoms with Crippen molar-refractivity contribution in [1.29, 1.82) is 0 Å². The van der Waals surface area contributed by atoms with Gasteiger partial charge in [-0.1, -0.05) is 23.7 Å². The molecule has 0 saturated heterocycles. The second-order valence-electron chi connectivity index (χ2n) is 7.36. The molecule has 0 bridgehead atoms. The normalized spacial score (nSPS) is 13.3. The monoisotopic (exact) mass is 480 g/mol. The Hall–Kier alpha value is -3.97. The molecule has 34 heavy (non-hydrogen) atoms. The minimum atomic E-state index is -0.638. The molecule has 0 aromatic heterocycles. The molecule has 0 radical (unpaired) electrons. The van der Waals surface area contributed by atoms with E-state index in [1.54, 1.807) is 43.3 Å². The van der Waals surface area contributed by atoms with Gasteiger partial charge in [0.2, 0.25) is 11.5 Å². The molecule has 7 nitrogen and oxygen atoms in total. The van der Waals surface area contributed by atoms with Crippen LogP contribution in [0.1, 0.15) is 31.8 Å². The van der Waals surface area contributed by atoms with Gasteiger partial charge in [-0.2, -0.15) is 0 Å². The zero-order valence-electron chi connectivity index (χ0n) is 18.9. The molecule has 0 amide bonds. The summed E-state index contributed by atoms with van der Waals surface area (Å²) in [5, 5.41) is 0.550. The molecular weight excluding hydrogens is 460 g/mol. The number of halogens is 1. The first kappa shape index (κ1) is 23.2. The van der Waals surface area contributed by atoms with Gasteiger partial charge in [0.25, 0.3) is 0 Å². The molecule has 0 aliphatic carbocycles. The van der Waals surface area contributed by atoms with Gasteiger partial charge < -0.3 is 23.7 Å². The van der Waals surface area contributed by atoms with E-state index in [0.717, 1.165) is 5.56 Å². The molecule has 0 atom stereocenters. The molecule has 174 valence electrons. The molecular formula is C26H21ClO7. The van der Waals surface area contributed by atoms with Gasteiger partial charge in [-0.25, -0.2) is 4.79 Å². The third kappa shape index (κ3) is 4.30. The van der Waals surface area contributed by atoms with E-state index in [4.69, 9.17) is 35.3 Å². The average Bonchev–Trinajstić information content (AvgIpc) is 3.15. The maximum absolute atomic E-state index is 12.9. The van der Waals surface area contributed by atoms with Crippen molar-refractivity contribution in [3.63, 3.8) is 0 Å². The van der Waals surface area contributed by atoms with Gasteiger partial charge in [0.1, 0.15) is 11.5 Å². The predicted molar refractivity (Wildman–Crippen MR) is 127 cm³/mol. The Kier molecular flexibility index (Phi) is 6.47. The second-order valence-corrected chi connectivity index (χ2v) is 7.80. The van der Waals surface area contributed by atoms with Crippen LogP contribution < -0.4 is 23.7 Å². The highest BCUT2D eigenvalue weighted by Crippen LogP contribution is 2.41. The number of carbonyl (C=O) groups is 2. The second kappa shape index (κ2) is 9.49. The van der Waals surface area contributed by atoms with E-state index in [1.807, 2.05) is 6.07 Å².